The lowest BCUT2D eigenvalue weighted by molar-refractivity contribution is -0.119. The molecule has 0 saturated carbocycles. The molecule has 146 valence electrons. The average Bonchev–Trinajstić information content (AvgIpc) is 3.06. The third-order valence-electron chi connectivity index (χ3n) is 5.26. The number of fused-ring (bicyclic) bond motifs is 3. The fourth-order valence-corrected chi connectivity index (χ4v) is 4.94. The summed E-state index contributed by atoms with van der Waals surface area (Å²) >= 11 is 1.55. The smallest absolute Gasteiger partial charge is 0.279 e. The first-order valence-electron chi connectivity index (χ1n) is 9.33. The van der Waals surface area contributed by atoms with Gasteiger partial charge in [-0.1, -0.05) is 24.3 Å². The number of carbonyl (C=O) groups is 1. The molecule has 2 heterocycles. The number of amides is 1. The Labute approximate surface area is 166 Å². The Morgan fingerprint density at radius 2 is 2.18 bits per heavy atom. The topological polar surface area (TPSA) is 86.1 Å². The van der Waals surface area contributed by atoms with Gasteiger partial charge < -0.3 is 10.1 Å². The maximum absolute atomic E-state index is 13.1. The first-order chi connectivity index (χ1) is 13.5. The summed E-state index contributed by atoms with van der Waals surface area (Å²) < 4.78 is 6.44. The number of nitrogens with zero attached hydrogens (tertiary/aromatic N) is 3. The van der Waals surface area contributed by atoms with Crippen molar-refractivity contribution >= 4 is 33.1 Å². The zero-order valence-corrected chi connectivity index (χ0v) is 16.9. The van der Waals surface area contributed by atoms with Gasteiger partial charge >= 0.3 is 0 Å². The molecule has 1 amide bonds. The van der Waals surface area contributed by atoms with E-state index >= 15 is 0 Å². The molecule has 2 aromatic heterocycles. The summed E-state index contributed by atoms with van der Waals surface area (Å²) in [5.41, 5.74) is 1.38. The molecule has 0 radical (unpaired) electrons. The number of rotatable bonds is 4. The maximum Gasteiger partial charge on any atom is 0.279 e. The van der Waals surface area contributed by atoms with E-state index in [0.717, 1.165) is 24.8 Å². The number of nitrogens with one attached hydrogen (secondary N) is 1. The minimum Gasteiger partial charge on any atom is -0.495 e. The predicted octanol–water partition coefficient (Wildman–Crippen LogP) is 3.19. The molecule has 1 aliphatic carbocycles. The highest BCUT2D eigenvalue weighted by atomic mass is 32.1. The second-order valence-corrected chi connectivity index (χ2v) is 8.32. The largest absolute Gasteiger partial charge is 0.495 e. The summed E-state index contributed by atoms with van der Waals surface area (Å²) in [6, 6.07) is 6.34. The van der Waals surface area contributed by atoms with Crippen molar-refractivity contribution in [2.75, 3.05) is 12.4 Å². The minimum absolute atomic E-state index is 0.250. The monoisotopic (exact) mass is 398 g/mol. The fourth-order valence-electron chi connectivity index (χ4n) is 3.62. The first-order valence-corrected chi connectivity index (χ1v) is 10.1. The highest BCUT2D eigenvalue weighted by Gasteiger charge is 2.26. The van der Waals surface area contributed by atoms with Gasteiger partial charge in [0.05, 0.1) is 18.2 Å². The number of benzene rings is 1. The van der Waals surface area contributed by atoms with Crippen LogP contribution in [0.4, 0.5) is 5.69 Å². The molecule has 7 nitrogen and oxygen atoms in total. The van der Waals surface area contributed by atoms with Crippen LogP contribution >= 0.6 is 11.3 Å². The van der Waals surface area contributed by atoms with Gasteiger partial charge in [0.15, 0.2) is 4.83 Å². The van der Waals surface area contributed by atoms with E-state index in [1.165, 1.54) is 9.56 Å². The van der Waals surface area contributed by atoms with Gasteiger partial charge in [0.2, 0.25) is 5.91 Å². The van der Waals surface area contributed by atoms with Gasteiger partial charge in [-0.3, -0.25) is 9.59 Å². The number of carbonyl (C=O) groups excluding carboxylic acids is 1. The van der Waals surface area contributed by atoms with E-state index in [9.17, 15) is 9.59 Å². The van der Waals surface area contributed by atoms with Crippen molar-refractivity contribution in [1.29, 1.82) is 0 Å². The molecule has 0 spiro atoms. The SMILES string of the molecule is COc1ccccc1NC(=O)[C@@H](C)n1nnc2sc3c(c2c1=O)CC[C@H](C)C3. The molecule has 0 saturated heterocycles. The second-order valence-electron chi connectivity index (χ2n) is 7.24. The maximum atomic E-state index is 13.1. The Morgan fingerprint density at radius 1 is 1.39 bits per heavy atom. The van der Waals surface area contributed by atoms with Crippen molar-refractivity contribution in [2.45, 2.75) is 39.2 Å². The Kier molecular flexibility index (Phi) is 4.89. The Hall–Kier alpha value is -2.74. The van der Waals surface area contributed by atoms with Crippen LogP contribution < -0.4 is 15.6 Å². The van der Waals surface area contributed by atoms with Crippen LogP contribution in [0.1, 0.15) is 36.8 Å². The molecule has 3 aromatic rings. The molecule has 2 atom stereocenters. The van der Waals surface area contributed by atoms with Gasteiger partial charge in [0.25, 0.3) is 5.56 Å². The number of anilines is 1. The molecule has 0 fully saturated rings. The summed E-state index contributed by atoms with van der Waals surface area (Å²) in [6.07, 6.45) is 2.91. The molecule has 8 heteroatoms. The first kappa shape index (κ1) is 18.6. The average molecular weight is 398 g/mol. The van der Waals surface area contributed by atoms with Crippen LogP contribution in [-0.2, 0) is 17.6 Å². The lowest BCUT2D eigenvalue weighted by Gasteiger charge is -2.18. The highest BCUT2D eigenvalue weighted by molar-refractivity contribution is 7.18. The quantitative estimate of drug-likeness (QED) is 0.729. The van der Waals surface area contributed by atoms with Crippen molar-refractivity contribution in [1.82, 2.24) is 15.0 Å². The van der Waals surface area contributed by atoms with Gasteiger partial charge in [0, 0.05) is 4.88 Å². The molecule has 0 unspecified atom stereocenters. The predicted molar refractivity (Wildman–Crippen MR) is 109 cm³/mol. The number of aromatic nitrogens is 3. The molecule has 1 aliphatic rings. The number of hydrogen-bond acceptors (Lipinski definition) is 6. The van der Waals surface area contributed by atoms with E-state index in [4.69, 9.17) is 4.74 Å². The zero-order chi connectivity index (χ0) is 19.8. The highest BCUT2D eigenvalue weighted by Crippen LogP contribution is 2.35. The number of ether oxygens (including phenoxy) is 1. The fraction of sp³-hybridized carbons (Fsp3) is 0.400. The Balaban J connectivity index is 1.68. The molecule has 0 aliphatic heterocycles. The van der Waals surface area contributed by atoms with Crippen molar-refractivity contribution < 1.29 is 9.53 Å². The normalized spacial score (nSPS) is 17.2. The van der Waals surface area contributed by atoms with E-state index in [1.54, 1.807) is 43.6 Å². The van der Waals surface area contributed by atoms with Crippen LogP contribution in [-0.4, -0.2) is 28.0 Å². The summed E-state index contributed by atoms with van der Waals surface area (Å²) in [6.45, 7) is 3.87. The van der Waals surface area contributed by atoms with Crippen LogP contribution in [0.3, 0.4) is 0 Å². The van der Waals surface area contributed by atoms with E-state index in [2.05, 4.69) is 22.6 Å². The van der Waals surface area contributed by atoms with E-state index in [-0.39, 0.29) is 11.5 Å². The standard InChI is InChI=1S/C20H22N4O3S/c1-11-8-9-13-16(10-11)28-19-17(13)20(26)24(23-22-19)12(2)18(25)21-14-6-4-5-7-15(14)27-3/h4-7,11-12H,8-10H2,1-3H3,(H,21,25)/t11-,12+/m0/s1. The molecule has 28 heavy (non-hydrogen) atoms. The third-order valence-corrected chi connectivity index (χ3v) is 6.40. The summed E-state index contributed by atoms with van der Waals surface area (Å²) in [5, 5.41) is 11.7. The summed E-state index contributed by atoms with van der Waals surface area (Å²) in [5.74, 6) is 0.817. The van der Waals surface area contributed by atoms with Crippen LogP contribution in [0.25, 0.3) is 10.2 Å². The number of methoxy groups -OCH3 is 1. The van der Waals surface area contributed by atoms with E-state index < -0.39 is 6.04 Å². The van der Waals surface area contributed by atoms with Crippen molar-refractivity contribution in [2.24, 2.45) is 5.92 Å². The summed E-state index contributed by atoms with van der Waals surface area (Å²) in [7, 11) is 1.54. The second kappa shape index (κ2) is 7.35. The van der Waals surface area contributed by atoms with Crippen LogP contribution in [0.15, 0.2) is 29.1 Å². The van der Waals surface area contributed by atoms with Crippen molar-refractivity contribution in [3.8, 4) is 5.75 Å². The minimum atomic E-state index is -0.799. The number of hydrogen-bond donors (Lipinski definition) is 1. The number of aryl methyl sites for hydroxylation is 1. The van der Waals surface area contributed by atoms with Crippen LogP contribution in [0.5, 0.6) is 5.75 Å². The van der Waals surface area contributed by atoms with E-state index in [0.29, 0.717) is 27.6 Å². The summed E-state index contributed by atoms with van der Waals surface area (Å²) in [4.78, 5) is 27.8. The van der Waals surface area contributed by atoms with Gasteiger partial charge in [-0.2, -0.15) is 4.68 Å². The number of thiophene rings is 1. The molecular weight excluding hydrogens is 376 g/mol. The lowest BCUT2D eigenvalue weighted by atomic mass is 9.89. The Bertz CT molecular complexity index is 1100. The molecule has 1 aromatic carbocycles. The van der Waals surface area contributed by atoms with Gasteiger partial charge in [0.1, 0.15) is 11.8 Å². The van der Waals surface area contributed by atoms with Gasteiger partial charge in [-0.15, -0.1) is 16.4 Å². The van der Waals surface area contributed by atoms with Crippen molar-refractivity contribution in [3.05, 3.63) is 45.1 Å². The third kappa shape index (κ3) is 3.17. The van der Waals surface area contributed by atoms with Gasteiger partial charge in [-0.05, 0) is 49.8 Å². The molecular formula is C20H22N4O3S. The van der Waals surface area contributed by atoms with Crippen molar-refractivity contribution in [3.63, 3.8) is 0 Å². The molecule has 4 rings (SSSR count). The van der Waals surface area contributed by atoms with E-state index in [1.807, 2.05) is 6.07 Å². The zero-order valence-electron chi connectivity index (χ0n) is 16.1. The Morgan fingerprint density at radius 3 is 2.96 bits per heavy atom. The molecule has 1 N–H and O–H groups in total. The lowest BCUT2D eigenvalue weighted by Crippen LogP contribution is -2.34. The van der Waals surface area contributed by atoms with Crippen LogP contribution in [0.2, 0.25) is 0 Å². The van der Waals surface area contributed by atoms with Gasteiger partial charge in [-0.25, -0.2) is 0 Å². The molecule has 0 bridgehead atoms. The number of para-hydroxylation sites is 2. The van der Waals surface area contributed by atoms with Crippen LogP contribution in [0, 0.1) is 5.92 Å².